The average molecular weight is 282 g/mol. The van der Waals surface area contributed by atoms with Crippen molar-refractivity contribution in [3.8, 4) is 0 Å². The Balaban J connectivity index is 2.85. The topological polar surface area (TPSA) is 69.6 Å². The van der Waals surface area contributed by atoms with Crippen molar-refractivity contribution < 1.29 is 27.9 Å². The number of amides is 2. The van der Waals surface area contributed by atoms with Crippen molar-refractivity contribution in [1.82, 2.24) is 10.2 Å². The van der Waals surface area contributed by atoms with Crippen LogP contribution in [0.25, 0.3) is 0 Å². The normalized spacial score (nSPS) is 17.8. The van der Waals surface area contributed by atoms with Gasteiger partial charge in [0, 0.05) is 6.54 Å². The minimum Gasteiger partial charge on any atom is -0.480 e. The Hall–Kier alpha value is -1.47. The minimum absolute atomic E-state index is 0.000922. The van der Waals surface area contributed by atoms with Crippen molar-refractivity contribution in [2.24, 2.45) is 0 Å². The molecule has 2 amide bonds. The van der Waals surface area contributed by atoms with Gasteiger partial charge in [0.1, 0.15) is 11.1 Å². The van der Waals surface area contributed by atoms with E-state index in [9.17, 15) is 22.8 Å². The van der Waals surface area contributed by atoms with Crippen LogP contribution in [0.3, 0.4) is 0 Å². The zero-order valence-electron chi connectivity index (χ0n) is 11.0. The molecule has 1 rings (SSSR count). The van der Waals surface area contributed by atoms with E-state index in [0.717, 1.165) is 4.90 Å². The number of nitrogens with one attached hydrogen (secondary N) is 1. The van der Waals surface area contributed by atoms with E-state index in [-0.39, 0.29) is 19.4 Å². The lowest BCUT2D eigenvalue weighted by Gasteiger charge is -2.35. The summed E-state index contributed by atoms with van der Waals surface area (Å²) in [6.45, 7) is 4.05. The van der Waals surface area contributed by atoms with Crippen LogP contribution in [0.1, 0.15) is 33.6 Å². The molecule has 0 unspecified atom stereocenters. The number of hydrogen-bond donors (Lipinski definition) is 2. The summed E-state index contributed by atoms with van der Waals surface area (Å²) in [5, 5.41) is 10.9. The fourth-order valence-electron chi connectivity index (χ4n) is 1.78. The van der Waals surface area contributed by atoms with E-state index in [1.165, 1.54) is 20.8 Å². The highest BCUT2D eigenvalue weighted by Gasteiger charge is 2.64. The molecule has 0 aromatic rings. The maximum atomic E-state index is 12.7. The van der Waals surface area contributed by atoms with Crippen LogP contribution in [0.2, 0.25) is 0 Å². The molecule has 1 fully saturated rings. The van der Waals surface area contributed by atoms with Crippen LogP contribution >= 0.6 is 0 Å². The van der Waals surface area contributed by atoms with Crippen LogP contribution in [0, 0.1) is 0 Å². The van der Waals surface area contributed by atoms with Crippen molar-refractivity contribution in [3.63, 3.8) is 0 Å². The number of alkyl halides is 3. The van der Waals surface area contributed by atoms with Crippen molar-refractivity contribution in [2.45, 2.75) is 50.9 Å². The Labute approximate surface area is 108 Å². The number of carbonyl (C=O) groups excluding carboxylic acids is 1. The molecule has 0 aromatic heterocycles. The van der Waals surface area contributed by atoms with Gasteiger partial charge in [-0.05, 0) is 33.6 Å². The minimum atomic E-state index is -4.52. The molecular formula is C11H17F3N2O3. The molecule has 19 heavy (non-hydrogen) atoms. The molecular weight excluding hydrogens is 265 g/mol. The largest absolute Gasteiger partial charge is 0.480 e. The fourth-order valence-corrected chi connectivity index (χ4v) is 1.78. The van der Waals surface area contributed by atoms with Gasteiger partial charge in [-0.3, -0.25) is 0 Å². The molecule has 110 valence electrons. The number of halogens is 3. The van der Waals surface area contributed by atoms with Gasteiger partial charge in [-0.15, -0.1) is 0 Å². The predicted octanol–water partition coefficient (Wildman–Crippen LogP) is 1.98. The number of carbonyl (C=O) groups is 2. The first-order valence-electron chi connectivity index (χ1n) is 5.88. The lowest BCUT2D eigenvalue weighted by atomic mass is 10.0. The molecule has 1 aliphatic carbocycles. The second-order valence-electron chi connectivity index (χ2n) is 5.12. The molecule has 0 bridgehead atoms. The quantitative estimate of drug-likeness (QED) is 0.828. The highest BCUT2D eigenvalue weighted by Crippen LogP contribution is 2.49. The second kappa shape index (κ2) is 4.57. The number of urea groups is 1. The van der Waals surface area contributed by atoms with Gasteiger partial charge in [-0.2, -0.15) is 13.2 Å². The van der Waals surface area contributed by atoms with Gasteiger partial charge in [-0.1, -0.05) is 0 Å². The van der Waals surface area contributed by atoms with Crippen molar-refractivity contribution >= 4 is 12.0 Å². The maximum absolute atomic E-state index is 12.7. The van der Waals surface area contributed by atoms with Crippen LogP contribution in [-0.2, 0) is 4.79 Å². The van der Waals surface area contributed by atoms with Crippen molar-refractivity contribution in [3.05, 3.63) is 0 Å². The van der Waals surface area contributed by atoms with E-state index in [2.05, 4.69) is 0 Å². The Kier molecular flexibility index (Phi) is 3.75. The Bertz CT molecular complexity index is 389. The van der Waals surface area contributed by atoms with Crippen LogP contribution < -0.4 is 5.32 Å². The number of likely N-dealkylation sites (N-methyl/N-ethyl adjacent to an activating group) is 1. The summed E-state index contributed by atoms with van der Waals surface area (Å²) in [6.07, 6.45) is -4.87. The highest BCUT2D eigenvalue weighted by molar-refractivity contribution is 5.86. The zero-order valence-corrected chi connectivity index (χ0v) is 11.0. The van der Waals surface area contributed by atoms with E-state index in [4.69, 9.17) is 5.11 Å². The van der Waals surface area contributed by atoms with Gasteiger partial charge in [0.25, 0.3) is 0 Å². The van der Waals surface area contributed by atoms with Gasteiger partial charge >= 0.3 is 18.2 Å². The van der Waals surface area contributed by atoms with E-state index in [1.807, 2.05) is 5.32 Å². The average Bonchev–Trinajstić information content (AvgIpc) is 2.97. The monoisotopic (exact) mass is 282 g/mol. The Morgan fingerprint density at radius 3 is 2.05 bits per heavy atom. The molecule has 0 aliphatic heterocycles. The lowest BCUT2D eigenvalue weighted by Crippen LogP contribution is -2.60. The van der Waals surface area contributed by atoms with E-state index in [0.29, 0.717) is 0 Å². The summed E-state index contributed by atoms with van der Waals surface area (Å²) < 4.78 is 38.2. The van der Waals surface area contributed by atoms with Crippen LogP contribution in [0.15, 0.2) is 0 Å². The molecule has 0 saturated heterocycles. The van der Waals surface area contributed by atoms with Gasteiger partial charge in [0.2, 0.25) is 0 Å². The Morgan fingerprint density at radius 1 is 1.32 bits per heavy atom. The zero-order chi connectivity index (χ0) is 15.1. The number of carboxylic acids is 1. The first kappa shape index (κ1) is 15.6. The molecule has 5 nitrogen and oxygen atoms in total. The molecule has 0 spiro atoms. The summed E-state index contributed by atoms with van der Waals surface area (Å²) >= 11 is 0. The molecule has 0 radical (unpaired) electrons. The SMILES string of the molecule is CCN(C(=O)NC1(C(F)(F)F)CC1)C(C)(C)C(=O)O. The fraction of sp³-hybridized carbons (Fsp3) is 0.818. The number of hydrogen-bond acceptors (Lipinski definition) is 2. The van der Waals surface area contributed by atoms with Crippen LogP contribution in [0.5, 0.6) is 0 Å². The van der Waals surface area contributed by atoms with Crippen molar-refractivity contribution in [2.75, 3.05) is 6.54 Å². The first-order valence-corrected chi connectivity index (χ1v) is 5.88. The third-order valence-corrected chi connectivity index (χ3v) is 3.40. The van der Waals surface area contributed by atoms with Crippen LogP contribution in [0.4, 0.5) is 18.0 Å². The summed E-state index contributed by atoms with van der Waals surface area (Å²) in [5.74, 6) is -1.28. The molecule has 0 aromatic carbocycles. The molecule has 0 atom stereocenters. The van der Waals surface area contributed by atoms with Crippen molar-refractivity contribution in [1.29, 1.82) is 0 Å². The molecule has 0 heterocycles. The summed E-state index contributed by atoms with van der Waals surface area (Å²) in [5.41, 5.74) is -3.76. The molecule has 1 saturated carbocycles. The predicted molar refractivity (Wildman–Crippen MR) is 60.6 cm³/mol. The summed E-state index contributed by atoms with van der Waals surface area (Å²) in [6, 6.07) is -1.01. The third-order valence-electron chi connectivity index (χ3n) is 3.40. The smallest absolute Gasteiger partial charge is 0.411 e. The highest BCUT2D eigenvalue weighted by atomic mass is 19.4. The third kappa shape index (κ3) is 2.76. The summed E-state index contributed by atoms with van der Waals surface area (Å²) in [4.78, 5) is 23.8. The van der Waals surface area contributed by atoms with E-state index >= 15 is 0 Å². The van der Waals surface area contributed by atoms with Crippen LogP contribution in [-0.4, -0.2) is 45.8 Å². The van der Waals surface area contributed by atoms with Gasteiger partial charge in [0.15, 0.2) is 0 Å². The van der Waals surface area contributed by atoms with E-state index < -0.39 is 29.3 Å². The molecule has 8 heteroatoms. The first-order chi connectivity index (χ1) is 8.48. The number of rotatable bonds is 4. The van der Waals surface area contributed by atoms with Gasteiger partial charge in [-0.25, -0.2) is 9.59 Å². The Morgan fingerprint density at radius 2 is 1.79 bits per heavy atom. The summed E-state index contributed by atoms with van der Waals surface area (Å²) in [7, 11) is 0. The van der Waals surface area contributed by atoms with E-state index in [1.54, 1.807) is 0 Å². The number of carboxylic acid groups (broad SMARTS) is 1. The molecule has 1 aliphatic rings. The van der Waals surface area contributed by atoms with Gasteiger partial charge in [0.05, 0.1) is 0 Å². The lowest BCUT2D eigenvalue weighted by molar-refractivity contribution is -0.163. The molecule has 2 N–H and O–H groups in total. The standard InChI is InChI=1S/C11H17F3N2O3/c1-4-16(9(2,3)7(17)18)8(19)15-10(5-6-10)11(12,13)14/h4-6H2,1-3H3,(H,15,19)(H,17,18). The second-order valence-corrected chi connectivity index (χ2v) is 5.12. The maximum Gasteiger partial charge on any atom is 0.411 e. The number of nitrogens with zero attached hydrogens (tertiary/aromatic N) is 1. The number of aliphatic carboxylic acids is 1. The van der Waals surface area contributed by atoms with Gasteiger partial charge < -0.3 is 15.3 Å².